The second kappa shape index (κ2) is 10.5. The van der Waals surface area contributed by atoms with E-state index >= 15 is 0 Å². The number of rotatable bonds is 8. The molecule has 0 bridgehead atoms. The van der Waals surface area contributed by atoms with Crippen molar-refractivity contribution in [2.24, 2.45) is 0 Å². The maximum Gasteiger partial charge on any atom is 0.276 e. The molecule has 2 amide bonds. The summed E-state index contributed by atoms with van der Waals surface area (Å²) in [6.07, 6.45) is 3.17. The maximum absolute atomic E-state index is 12.8. The number of hydrogen-bond acceptors (Lipinski definition) is 6. The molecule has 4 rings (SSSR count). The average Bonchev–Trinajstić information content (AvgIpc) is 3.34. The number of sulfonamides is 1. The van der Waals surface area contributed by atoms with Crippen molar-refractivity contribution < 1.29 is 27.5 Å². The highest BCUT2D eigenvalue weighted by Gasteiger charge is 2.19. The van der Waals surface area contributed by atoms with Crippen LogP contribution in [0.15, 0.2) is 71.6 Å². The molecule has 0 atom stereocenters. The lowest BCUT2D eigenvalue weighted by Gasteiger charge is -2.13. The first-order chi connectivity index (χ1) is 16.9. The molecule has 0 saturated heterocycles. The van der Waals surface area contributed by atoms with Crippen LogP contribution in [0, 0.1) is 0 Å². The number of methoxy groups -OCH3 is 1. The molecular weight excluding hydrogens is 470 g/mol. The number of hydrazine groups is 1. The van der Waals surface area contributed by atoms with Gasteiger partial charge in [-0.3, -0.25) is 25.2 Å². The third-order valence-electron chi connectivity index (χ3n) is 5.51. The van der Waals surface area contributed by atoms with Crippen molar-refractivity contribution >= 4 is 27.5 Å². The Morgan fingerprint density at radius 1 is 0.914 bits per heavy atom. The Hall–Kier alpha value is -4.05. The lowest BCUT2D eigenvalue weighted by molar-refractivity contribution is -0.123. The first kappa shape index (κ1) is 24.1. The van der Waals surface area contributed by atoms with Gasteiger partial charge in [0.05, 0.1) is 17.7 Å². The number of carbonyl (C=O) groups is 2. The van der Waals surface area contributed by atoms with Crippen LogP contribution in [0.4, 0.5) is 5.69 Å². The second-order valence-corrected chi connectivity index (χ2v) is 9.59. The maximum atomic E-state index is 12.8. The van der Waals surface area contributed by atoms with Crippen molar-refractivity contribution in [1.29, 1.82) is 0 Å². The van der Waals surface area contributed by atoms with E-state index in [9.17, 15) is 18.0 Å². The summed E-state index contributed by atoms with van der Waals surface area (Å²) in [5.41, 5.74) is 7.38. The van der Waals surface area contributed by atoms with Gasteiger partial charge in [0.2, 0.25) is 0 Å². The lowest BCUT2D eigenvalue weighted by atomic mass is 10.1. The van der Waals surface area contributed by atoms with E-state index < -0.39 is 21.8 Å². The van der Waals surface area contributed by atoms with Gasteiger partial charge in [-0.1, -0.05) is 24.3 Å². The van der Waals surface area contributed by atoms with Crippen LogP contribution in [0.1, 0.15) is 27.9 Å². The smallest absolute Gasteiger partial charge is 0.276 e. The molecule has 10 heteroatoms. The van der Waals surface area contributed by atoms with Crippen LogP contribution in [0.5, 0.6) is 11.5 Å². The number of fused-ring (bicyclic) bond motifs is 1. The van der Waals surface area contributed by atoms with Crippen LogP contribution in [0.3, 0.4) is 0 Å². The molecule has 3 aromatic rings. The predicted molar refractivity (Wildman–Crippen MR) is 130 cm³/mol. The zero-order valence-electron chi connectivity index (χ0n) is 19.0. The van der Waals surface area contributed by atoms with Crippen molar-refractivity contribution in [3.05, 3.63) is 83.4 Å². The zero-order valence-corrected chi connectivity index (χ0v) is 19.9. The highest BCUT2D eigenvalue weighted by Crippen LogP contribution is 2.27. The normalized spacial score (nSPS) is 12.4. The largest absolute Gasteiger partial charge is 0.495 e. The SMILES string of the molecule is COc1ccccc1NS(=O)(=O)c1cccc(C(=O)NNC(=O)COc2ccc3c(c2)CCC3)c1. The Labute approximate surface area is 203 Å². The number of aryl methyl sites for hydroxylation is 2. The molecule has 3 N–H and O–H groups in total. The summed E-state index contributed by atoms with van der Waals surface area (Å²) in [7, 11) is -2.56. The van der Waals surface area contributed by atoms with Gasteiger partial charge in [-0.15, -0.1) is 0 Å². The fourth-order valence-corrected chi connectivity index (χ4v) is 4.87. The fourth-order valence-electron chi connectivity index (χ4n) is 3.76. The van der Waals surface area contributed by atoms with Gasteiger partial charge in [-0.25, -0.2) is 8.42 Å². The fraction of sp³-hybridized carbons (Fsp3) is 0.200. The van der Waals surface area contributed by atoms with Gasteiger partial charge in [-0.05, 0) is 72.9 Å². The quantitative estimate of drug-likeness (QED) is 0.413. The zero-order chi connectivity index (χ0) is 24.8. The van der Waals surface area contributed by atoms with Crippen LogP contribution in [0.2, 0.25) is 0 Å². The van der Waals surface area contributed by atoms with Gasteiger partial charge in [0.25, 0.3) is 21.8 Å². The Bertz CT molecular complexity index is 1360. The van der Waals surface area contributed by atoms with Gasteiger partial charge in [0.1, 0.15) is 11.5 Å². The minimum absolute atomic E-state index is 0.0488. The van der Waals surface area contributed by atoms with Crippen LogP contribution < -0.4 is 25.0 Å². The molecule has 0 unspecified atom stereocenters. The minimum atomic E-state index is -3.99. The summed E-state index contributed by atoms with van der Waals surface area (Å²) in [6, 6.07) is 17.8. The summed E-state index contributed by atoms with van der Waals surface area (Å²) >= 11 is 0. The number of nitrogens with one attached hydrogen (secondary N) is 3. The third-order valence-corrected chi connectivity index (χ3v) is 6.88. The van der Waals surface area contributed by atoms with Crippen molar-refractivity contribution in [2.45, 2.75) is 24.2 Å². The summed E-state index contributed by atoms with van der Waals surface area (Å²) < 4.78 is 38.8. The Morgan fingerprint density at radius 2 is 1.71 bits per heavy atom. The van der Waals surface area contributed by atoms with Crippen molar-refractivity contribution in [3.8, 4) is 11.5 Å². The monoisotopic (exact) mass is 495 g/mol. The van der Waals surface area contributed by atoms with Gasteiger partial charge in [-0.2, -0.15) is 0 Å². The summed E-state index contributed by atoms with van der Waals surface area (Å²) in [4.78, 5) is 24.5. The van der Waals surface area contributed by atoms with Gasteiger partial charge >= 0.3 is 0 Å². The molecule has 0 heterocycles. The molecule has 0 spiro atoms. The first-order valence-electron chi connectivity index (χ1n) is 11.0. The molecule has 35 heavy (non-hydrogen) atoms. The van der Waals surface area contributed by atoms with E-state index in [0.29, 0.717) is 11.5 Å². The van der Waals surface area contributed by atoms with Crippen molar-refractivity contribution in [1.82, 2.24) is 10.9 Å². The molecule has 0 fully saturated rings. The minimum Gasteiger partial charge on any atom is -0.495 e. The molecule has 182 valence electrons. The molecule has 0 aromatic heterocycles. The van der Waals surface area contributed by atoms with Crippen LogP contribution in [-0.4, -0.2) is 33.9 Å². The van der Waals surface area contributed by atoms with Crippen molar-refractivity contribution in [3.63, 3.8) is 0 Å². The second-order valence-electron chi connectivity index (χ2n) is 7.91. The average molecular weight is 496 g/mol. The summed E-state index contributed by atoms with van der Waals surface area (Å²) in [5.74, 6) is -0.284. The van der Waals surface area contributed by atoms with E-state index in [1.165, 1.54) is 42.5 Å². The summed E-state index contributed by atoms with van der Waals surface area (Å²) in [5, 5.41) is 0. The lowest BCUT2D eigenvalue weighted by Crippen LogP contribution is -2.43. The molecular formula is C25H25N3O6S. The number of benzene rings is 3. The van der Waals surface area contributed by atoms with Crippen LogP contribution in [-0.2, 0) is 27.7 Å². The standard InChI is InChI=1S/C25H25N3O6S/c1-33-23-11-3-2-10-22(23)28-35(31,32)21-9-5-8-19(15-21)25(30)27-26-24(29)16-34-20-13-12-17-6-4-7-18(17)14-20/h2-3,5,8-15,28H,4,6-7,16H2,1H3,(H,26,29)(H,27,30). The molecule has 1 aliphatic rings. The Balaban J connectivity index is 1.34. The Kier molecular flexibility index (Phi) is 7.21. The van der Waals surface area contributed by atoms with E-state index in [1.807, 2.05) is 18.2 Å². The van der Waals surface area contributed by atoms with E-state index in [0.717, 1.165) is 19.3 Å². The molecule has 0 saturated carbocycles. The van der Waals surface area contributed by atoms with Crippen LogP contribution >= 0.6 is 0 Å². The van der Waals surface area contributed by atoms with Crippen LogP contribution in [0.25, 0.3) is 0 Å². The number of carbonyl (C=O) groups excluding carboxylic acids is 2. The van der Waals surface area contributed by atoms with Gasteiger partial charge < -0.3 is 9.47 Å². The Morgan fingerprint density at radius 3 is 2.54 bits per heavy atom. The molecule has 1 aliphatic carbocycles. The highest BCUT2D eigenvalue weighted by atomic mass is 32.2. The molecule has 9 nitrogen and oxygen atoms in total. The number of ether oxygens (including phenoxy) is 2. The number of para-hydroxylation sites is 2. The summed E-state index contributed by atoms with van der Waals surface area (Å²) in [6.45, 7) is -0.281. The first-order valence-corrected chi connectivity index (χ1v) is 12.4. The van der Waals surface area contributed by atoms with Crippen molar-refractivity contribution in [2.75, 3.05) is 18.4 Å². The topological polar surface area (TPSA) is 123 Å². The van der Waals surface area contributed by atoms with Gasteiger partial charge in [0.15, 0.2) is 6.61 Å². The highest BCUT2D eigenvalue weighted by molar-refractivity contribution is 7.92. The van der Waals surface area contributed by atoms with E-state index in [1.54, 1.807) is 24.3 Å². The molecule has 0 radical (unpaired) electrons. The molecule has 0 aliphatic heterocycles. The van der Waals surface area contributed by atoms with E-state index in [2.05, 4.69) is 15.6 Å². The predicted octanol–water partition coefficient (Wildman–Crippen LogP) is 2.82. The third kappa shape index (κ3) is 5.90. The van der Waals surface area contributed by atoms with E-state index in [4.69, 9.17) is 9.47 Å². The van der Waals surface area contributed by atoms with Gasteiger partial charge in [0, 0.05) is 5.56 Å². The van der Waals surface area contributed by atoms with E-state index in [-0.39, 0.29) is 22.8 Å². The number of amides is 2. The molecule has 3 aromatic carbocycles. The number of anilines is 1. The number of hydrogen-bond donors (Lipinski definition) is 3.